The standard InChI is InChI=1S/C51H56FN11O7/c1-31-6-9-35(26-40(31)62-20-16-42(64)57-51(62)69)50(68)60-23-21-59(22-24-60)19-17-44(66)61-18-4-3-5-38-29-54-47(53)46-45(58-48(63(38)46)34-12-14-37(25-34)56-43(65)30-61)33-10-7-32(8-11-33)28-55-49(67)39-27-36(52)13-15-41(39)70-2/h3,5-11,13,15,26-27,29,34,37H,4,12,14,16-25,28,30H2,1-2H3,(H2,53,54)(H,55,67)(H,56,65)(H,57,64,69)/b5-3+/t34-,37-/m1/s1. The fourth-order valence-corrected chi connectivity index (χ4v) is 9.81. The summed E-state index contributed by atoms with van der Waals surface area (Å²) < 4.78 is 21.2. The number of halogens is 1. The number of amides is 7. The number of nitrogen functional groups attached to an aromatic ring is 1. The van der Waals surface area contributed by atoms with Gasteiger partial charge >= 0.3 is 6.03 Å². The summed E-state index contributed by atoms with van der Waals surface area (Å²) in [7, 11) is 1.42. The van der Waals surface area contributed by atoms with E-state index in [0.29, 0.717) is 80.4 Å². The van der Waals surface area contributed by atoms with Gasteiger partial charge < -0.3 is 30.9 Å². The molecule has 0 unspecified atom stereocenters. The van der Waals surface area contributed by atoms with E-state index in [1.807, 2.05) is 49.4 Å². The molecule has 0 spiro atoms. The number of nitrogens with one attached hydrogen (secondary N) is 3. The van der Waals surface area contributed by atoms with E-state index in [1.54, 1.807) is 28.1 Å². The number of methoxy groups -OCH3 is 1. The Hall–Kier alpha value is -7.67. The highest BCUT2D eigenvalue weighted by Gasteiger charge is 2.33. The van der Waals surface area contributed by atoms with E-state index in [4.69, 9.17) is 15.5 Å². The zero-order chi connectivity index (χ0) is 49.1. The van der Waals surface area contributed by atoms with E-state index in [1.165, 1.54) is 24.1 Å². The van der Waals surface area contributed by atoms with Crippen LogP contribution < -0.4 is 31.3 Å². The number of piperazine rings is 1. The highest BCUT2D eigenvalue weighted by molar-refractivity contribution is 6.06. The van der Waals surface area contributed by atoms with Crippen LogP contribution in [-0.2, 0) is 20.9 Å². The molecule has 3 fully saturated rings. The van der Waals surface area contributed by atoms with E-state index in [0.717, 1.165) is 47.1 Å². The lowest BCUT2D eigenvalue weighted by Crippen LogP contribution is -2.50. The molecule has 1 saturated carbocycles. The third-order valence-electron chi connectivity index (χ3n) is 13.6. The first-order valence-electron chi connectivity index (χ1n) is 23.7. The number of nitrogens with zero attached hydrogens (tertiary/aromatic N) is 7. The summed E-state index contributed by atoms with van der Waals surface area (Å²) in [5.74, 6) is -0.423. The molecule has 5 aromatic rings. The molecule has 19 heteroatoms. The first-order valence-corrected chi connectivity index (χ1v) is 23.7. The minimum Gasteiger partial charge on any atom is -0.496 e. The SMILES string of the molecule is COc1ccc(F)cc1C(=O)NCc1ccc(-c2nc3n4c(cnc(N)c24)/C=C/CCN(C(=O)CCN2CCN(C(=O)c4ccc(C)c(N5CCC(=O)NC5=O)c4)CC2)CC(=O)N[C@@H]2CC[C@@H]3C2)cc1. The van der Waals surface area contributed by atoms with E-state index < -0.39 is 17.8 Å². The van der Waals surface area contributed by atoms with Crippen molar-refractivity contribution in [3.05, 3.63) is 113 Å². The maximum Gasteiger partial charge on any atom is 0.328 e. The molecule has 2 atom stereocenters. The van der Waals surface area contributed by atoms with Crippen LogP contribution in [0.4, 0.5) is 20.7 Å². The molecule has 1 aliphatic carbocycles. The molecule has 2 aromatic heterocycles. The van der Waals surface area contributed by atoms with Crippen molar-refractivity contribution in [3.63, 3.8) is 0 Å². The maximum absolute atomic E-state index is 13.9. The predicted octanol–water partition coefficient (Wildman–Crippen LogP) is 4.66. The van der Waals surface area contributed by atoms with Gasteiger partial charge in [0.15, 0.2) is 0 Å². The number of fused-ring (bicyclic) bond motifs is 3. The molecule has 364 valence electrons. The number of hydrogen-bond acceptors (Lipinski definition) is 11. The van der Waals surface area contributed by atoms with E-state index in [-0.39, 0.29) is 79.4 Å². The number of nitrogens with two attached hydrogens (primary N) is 1. The smallest absolute Gasteiger partial charge is 0.328 e. The summed E-state index contributed by atoms with van der Waals surface area (Å²) >= 11 is 0. The van der Waals surface area contributed by atoms with Crippen LogP contribution in [0.15, 0.2) is 72.9 Å². The Kier molecular flexibility index (Phi) is 13.9. The van der Waals surface area contributed by atoms with Gasteiger partial charge in [-0.2, -0.15) is 0 Å². The number of carbonyl (C=O) groups excluding carboxylic acids is 6. The lowest BCUT2D eigenvalue weighted by atomic mass is 10.1. The molecule has 2 bridgehead atoms. The van der Waals surface area contributed by atoms with Gasteiger partial charge in [-0.25, -0.2) is 19.2 Å². The van der Waals surface area contributed by atoms with E-state index in [9.17, 15) is 33.2 Å². The largest absolute Gasteiger partial charge is 0.496 e. The summed E-state index contributed by atoms with van der Waals surface area (Å²) in [6.07, 6.45) is 8.68. The number of imide groups is 1. The normalized spacial score (nSPS) is 19.4. The minimum atomic E-state index is -0.539. The first-order chi connectivity index (χ1) is 33.8. The van der Waals surface area contributed by atoms with Gasteiger partial charge in [-0.15, -0.1) is 0 Å². The topological polar surface area (TPSA) is 217 Å². The number of aromatic nitrogens is 3. The number of carbonyl (C=O) groups is 6. The third kappa shape index (κ3) is 10.2. The molecule has 70 heavy (non-hydrogen) atoms. The zero-order valence-corrected chi connectivity index (χ0v) is 39.2. The molecular formula is C51H56FN11O7. The van der Waals surface area contributed by atoms with Crippen molar-refractivity contribution in [1.29, 1.82) is 0 Å². The monoisotopic (exact) mass is 953 g/mol. The Labute approximate surface area is 404 Å². The highest BCUT2D eigenvalue weighted by Crippen LogP contribution is 2.39. The van der Waals surface area contributed by atoms with Crippen molar-refractivity contribution in [2.24, 2.45) is 0 Å². The van der Waals surface area contributed by atoms with Crippen molar-refractivity contribution in [1.82, 2.24) is 45.0 Å². The number of rotatable bonds is 10. The number of imidazole rings is 1. The Bertz CT molecular complexity index is 2890. The second-order valence-electron chi connectivity index (χ2n) is 18.2. The lowest BCUT2D eigenvalue weighted by molar-refractivity contribution is -0.136. The van der Waals surface area contributed by atoms with Gasteiger partial charge in [0.05, 0.1) is 31.1 Å². The maximum atomic E-state index is 13.9. The molecule has 4 aliphatic rings. The second-order valence-corrected chi connectivity index (χ2v) is 18.2. The van der Waals surface area contributed by atoms with Gasteiger partial charge in [0.25, 0.3) is 11.8 Å². The number of aryl methyl sites for hydroxylation is 1. The summed E-state index contributed by atoms with van der Waals surface area (Å²) in [6, 6.07) is 16.0. The van der Waals surface area contributed by atoms with Gasteiger partial charge in [0, 0.05) is 94.0 Å². The summed E-state index contributed by atoms with van der Waals surface area (Å²) in [5, 5.41) is 8.37. The molecule has 5 heterocycles. The molecule has 3 aromatic carbocycles. The third-order valence-corrected chi connectivity index (χ3v) is 13.6. The fourth-order valence-electron chi connectivity index (χ4n) is 9.81. The fraction of sp³-hybridized carbons (Fsp3) is 0.373. The number of hydrogen-bond donors (Lipinski definition) is 4. The van der Waals surface area contributed by atoms with Crippen molar-refractivity contribution < 1.29 is 37.9 Å². The van der Waals surface area contributed by atoms with Crippen LogP contribution in [0.5, 0.6) is 5.75 Å². The Balaban J connectivity index is 0.844. The van der Waals surface area contributed by atoms with Crippen LogP contribution in [0, 0.1) is 12.7 Å². The molecule has 0 radical (unpaired) electrons. The quantitative estimate of drug-likeness (QED) is 0.151. The van der Waals surface area contributed by atoms with E-state index >= 15 is 0 Å². The molecule has 9 rings (SSSR count). The van der Waals surface area contributed by atoms with Crippen molar-refractivity contribution in [2.45, 2.75) is 64.0 Å². The molecule has 18 nitrogen and oxygen atoms in total. The summed E-state index contributed by atoms with van der Waals surface area (Å²) in [6.45, 7) is 5.10. The predicted molar refractivity (Wildman–Crippen MR) is 259 cm³/mol. The molecular weight excluding hydrogens is 898 g/mol. The number of urea groups is 1. The first kappa shape index (κ1) is 47.4. The number of benzene rings is 3. The lowest BCUT2D eigenvalue weighted by Gasteiger charge is -2.35. The van der Waals surface area contributed by atoms with Crippen LogP contribution in [0.2, 0.25) is 0 Å². The number of anilines is 2. The summed E-state index contributed by atoms with van der Waals surface area (Å²) in [5.41, 5.74) is 12.3. The van der Waals surface area contributed by atoms with Crippen molar-refractivity contribution in [3.8, 4) is 17.0 Å². The Morgan fingerprint density at radius 1 is 0.929 bits per heavy atom. The molecule has 3 aliphatic heterocycles. The van der Waals surface area contributed by atoms with Gasteiger partial charge in [0.2, 0.25) is 17.7 Å². The minimum absolute atomic E-state index is 0.00330. The number of ether oxygens (including phenoxy) is 1. The molecule has 5 N–H and O–H groups in total. The molecule has 2 saturated heterocycles. The van der Waals surface area contributed by atoms with Crippen LogP contribution >= 0.6 is 0 Å². The van der Waals surface area contributed by atoms with Gasteiger partial charge in [-0.3, -0.25) is 43.5 Å². The Morgan fingerprint density at radius 2 is 1.73 bits per heavy atom. The van der Waals surface area contributed by atoms with Crippen molar-refractivity contribution >= 4 is 58.7 Å². The van der Waals surface area contributed by atoms with Gasteiger partial charge in [-0.05, 0) is 80.1 Å². The van der Waals surface area contributed by atoms with Gasteiger partial charge in [0.1, 0.15) is 34.4 Å². The zero-order valence-electron chi connectivity index (χ0n) is 39.2. The molecule has 7 amide bonds. The van der Waals surface area contributed by atoms with Gasteiger partial charge in [-0.1, -0.05) is 36.4 Å². The average molecular weight is 954 g/mol. The average Bonchev–Trinajstić information content (AvgIpc) is 4.00. The Morgan fingerprint density at radius 3 is 2.50 bits per heavy atom. The van der Waals surface area contributed by atoms with E-state index in [2.05, 4.69) is 30.2 Å². The second kappa shape index (κ2) is 20.5. The van der Waals surface area contributed by atoms with Crippen LogP contribution in [-0.4, -0.2) is 130 Å². The summed E-state index contributed by atoms with van der Waals surface area (Å²) in [4.78, 5) is 95.1. The highest BCUT2D eigenvalue weighted by atomic mass is 19.1. The van der Waals surface area contributed by atoms with Crippen LogP contribution in [0.25, 0.3) is 22.9 Å². The van der Waals surface area contributed by atoms with Crippen LogP contribution in [0.3, 0.4) is 0 Å². The van der Waals surface area contributed by atoms with Crippen molar-refractivity contribution in [2.75, 3.05) is 70.1 Å². The van der Waals surface area contributed by atoms with Crippen LogP contribution in [0.1, 0.15) is 87.8 Å².